The van der Waals surface area contributed by atoms with Gasteiger partial charge in [0.25, 0.3) is 0 Å². The van der Waals surface area contributed by atoms with Crippen molar-refractivity contribution in [1.82, 2.24) is 4.98 Å². The number of halogens is 1. The third-order valence-corrected chi connectivity index (χ3v) is 3.01. The predicted molar refractivity (Wildman–Crippen MR) is 68.8 cm³/mol. The van der Waals surface area contributed by atoms with Crippen molar-refractivity contribution in [3.8, 4) is 11.5 Å². The van der Waals surface area contributed by atoms with Gasteiger partial charge in [-0.3, -0.25) is 0 Å². The highest BCUT2D eigenvalue weighted by Crippen LogP contribution is 2.34. The van der Waals surface area contributed by atoms with Crippen molar-refractivity contribution < 1.29 is 13.9 Å². The minimum absolute atomic E-state index is 0.0572. The first-order valence-corrected chi connectivity index (χ1v) is 6.00. The number of pyridine rings is 1. The van der Waals surface area contributed by atoms with E-state index in [2.05, 4.69) is 10.3 Å². The summed E-state index contributed by atoms with van der Waals surface area (Å²) in [6.45, 7) is 2.28. The third kappa shape index (κ3) is 2.45. The quantitative estimate of drug-likeness (QED) is 0.861. The molecule has 98 valence electrons. The Balaban J connectivity index is 1.76. The Morgan fingerprint density at radius 1 is 1.21 bits per heavy atom. The van der Waals surface area contributed by atoms with Gasteiger partial charge in [0.05, 0.1) is 11.9 Å². The van der Waals surface area contributed by atoms with Crippen LogP contribution in [0.3, 0.4) is 0 Å². The summed E-state index contributed by atoms with van der Waals surface area (Å²) in [5, 5.41) is 3.25. The van der Waals surface area contributed by atoms with Crippen molar-refractivity contribution in [1.29, 1.82) is 0 Å². The molecule has 1 aliphatic rings. The fourth-order valence-corrected chi connectivity index (χ4v) is 1.98. The predicted octanol–water partition coefficient (Wildman–Crippen LogP) is 3.12. The van der Waals surface area contributed by atoms with Crippen LogP contribution in [0.25, 0.3) is 0 Å². The first-order valence-electron chi connectivity index (χ1n) is 6.00. The first-order chi connectivity index (χ1) is 9.22. The summed E-state index contributed by atoms with van der Waals surface area (Å²) in [4.78, 5) is 3.61. The van der Waals surface area contributed by atoms with Gasteiger partial charge in [0, 0.05) is 6.04 Å². The number of benzene rings is 1. The van der Waals surface area contributed by atoms with Crippen molar-refractivity contribution >= 4 is 5.69 Å². The maximum Gasteiger partial charge on any atom is 0.231 e. The van der Waals surface area contributed by atoms with Gasteiger partial charge in [-0.2, -0.15) is 4.39 Å². The number of aromatic nitrogens is 1. The van der Waals surface area contributed by atoms with E-state index in [1.54, 1.807) is 6.07 Å². The van der Waals surface area contributed by atoms with Crippen LogP contribution >= 0.6 is 0 Å². The molecule has 0 fully saturated rings. The molecule has 0 spiro atoms. The van der Waals surface area contributed by atoms with Gasteiger partial charge in [-0.15, -0.1) is 0 Å². The first kappa shape index (κ1) is 11.8. The zero-order valence-corrected chi connectivity index (χ0v) is 10.4. The molecular formula is C14H13FN2O2. The average Bonchev–Trinajstić information content (AvgIpc) is 2.88. The zero-order chi connectivity index (χ0) is 13.2. The molecule has 0 aliphatic carbocycles. The fourth-order valence-electron chi connectivity index (χ4n) is 1.98. The van der Waals surface area contributed by atoms with Crippen molar-refractivity contribution in [3.63, 3.8) is 0 Å². The molecule has 1 atom stereocenters. The monoisotopic (exact) mass is 260 g/mol. The lowest BCUT2D eigenvalue weighted by atomic mass is 10.1. The smallest absolute Gasteiger partial charge is 0.231 e. The topological polar surface area (TPSA) is 43.4 Å². The van der Waals surface area contributed by atoms with Crippen LogP contribution in [0.4, 0.5) is 10.1 Å². The van der Waals surface area contributed by atoms with Crippen LogP contribution in [0.5, 0.6) is 11.5 Å². The number of anilines is 1. The van der Waals surface area contributed by atoms with E-state index in [0.717, 1.165) is 22.7 Å². The van der Waals surface area contributed by atoms with Gasteiger partial charge in [0.2, 0.25) is 12.7 Å². The van der Waals surface area contributed by atoms with Crippen molar-refractivity contribution in [2.75, 3.05) is 12.1 Å². The van der Waals surface area contributed by atoms with E-state index in [4.69, 9.17) is 9.47 Å². The van der Waals surface area contributed by atoms with E-state index in [0.29, 0.717) is 0 Å². The molecule has 2 aromatic rings. The fraction of sp³-hybridized carbons (Fsp3) is 0.214. The molecular weight excluding hydrogens is 247 g/mol. The van der Waals surface area contributed by atoms with Gasteiger partial charge < -0.3 is 14.8 Å². The van der Waals surface area contributed by atoms with Gasteiger partial charge in [0.1, 0.15) is 0 Å². The Morgan fingerprint density at radius 3 is 2.84 bits per heavy atom. The third-order valence-electron chi connectivity index (χ3n) is 3.01. The summed E-state index contributed by atoms with van der Waals surface area (Å²) in [5.74, 6) is 1.03. The highest BCUT2D eigenvalue weighted by molar-refractivity contribution is 5.48. The number of hydrogen-bond donors (Lipinski definition) is 1. The molecule has 1 aromatic heterocycles. The maximum absolute atomic E-state index is 12.7. The lowest BCUT2D eigenvalue weighted by Gasteiger charge is -2.15. The van der Waals surface area contributed by atoms with Gasteiger partial charge in [-0.05, 0) is 36.8 Å². The molecule has 2 heterocycles. The van der Waals surface area contributed by atoms with Gasteiger partial charge in [0.15, 0.2) is 11.5 Å². The van der Waals surface area contributed by atoms with Crippen LogP contribution in [-0.2, 0) is 0 Å². The number of fused-ring (bicyclic) bond motifs is 1. The Bertz CT molecular complexity index is 586. The summed E-state index contributed by atoms with van der Waals surface area (Å²) >= 11 is 0. The summed E-state index contributed by atoms with van der Waals surface area (Å²) < 4.78 is 23.3. The number of nitrogens with zero attached hydrogens (tertiary/aromatic N) is 1. The summed E-state index contributed by atoms with van der Waals surface area (Å²) in [6, 6.07) is 8.85. The van der Waals surface area contributed by atoms with E-state index in [9.17, 15) is 4.39 Å². The van der Waals surface area contributed by atoms with Crippen LogP contribution < -0.4 is 14.8 Å². The minimum Gasteiger partial charge on any atom is -0.454 e. The SMILES string of the molecule is CC(Nc1ccc(F)nc1)c1ccc2c(c1)OCO2. The minimum atomic E-state index is -0.485. The summed E-state index contributed by atoms with van der Waals surface area (Å²) in [7, 11) is 0. The molecule has 0 saturated heterocycles. The average molecular weight is 260 g/mol. The summed E-state index contributed by atoms with van der Waals surface area (Å²) in [5.41, 5.74) is 1.83. The second-order valence-corrected chi connectivity index (χ2v) is 4.35. The summed E-state index contributed by atoms with van der Waals surface area (Å²) in [6.07, 6.45) is 1.47. The van der Waals surface area contributed by atoms with Crippen LogP contribution in [0.2, 0.25) is 0 Å². The Morgan fingerprint density at radius 2 is 2.05 bits per heavy atom. The Hall–Kier alpha value is -2.30. The van der Waals surface area contributed by atoms with E-state index in [-0.39, 0.29) is 12.8 Å². The van der Waals surface area contributed by atoms with Crippen molar-refractivity contribution in [2.24, 2.45) is 0 Å². The molecule has 1 unspecified atom stereocenters. The second-order valence-electron chi connectivity index (χ2n) is 4.35. The molecule has 3 rings (SSSR count). The molecule has 19 heavy (non-hydrogen) atoms. The van der Waals surface area contributed by atoms with E-state index >= 15 is 0 Å². The number of ether oxygens (including phenoxy) is 2. The van der Waals surface area contributed by atoms with E-state index < -0.39 is 5.95 Å². The number of rotatable bonds is 3. The molecule has 1 aromatic carbocycles. The van der Waals surface area contributed by atoms with Crippen molar-refractivity contribution in [2.45, 2.75) is 13.0 Å². The lowest BCUT2D eigenvalue weighted by Crippen LogP contribution is -2.06. The standard InChI is InChI=1S/C14H13FN2O2/c1-9(17-11-3-5-14(15)16-7-11)10-2-4-12-13(6-10)19-8-18-12/h2-7,9,17H,8H2,1H3. The molecule has 4 nitrogen and oxygen atoms in total. The molecule has 1 N–H and O–H groups in total. The highest BCUT2D eigenvalue weighted by atomic mass is 19.1. The largest absolute Gasteiger partial charge is 0.454 e. The van der Waals surface area contributed by atoms with Crippen molar-refractivity contribution in [3.05, 3.63) is 48.0 Å². The van der Waals surface area contributed by atoms with E-state index in [1.165, 1.54) is 12.3 Å². The van der Waals surface area contributed by atoms with E-state index in [1.807, 2.05) is 25.1 Å². The number of nitrogens with one attached hydrogen (secondary N) is 1. The zero-order valence-electron chi connectivity index (χ0n) is 10.4. The number of hydrogen-bond acceptors (Lipinski definition) is 4. The van der Waals surface area contributed by atoms with Crippen LogP contribution in [0.1, 0.15) is 18.5 Å². The van der Waals surface area contributed by atoms with Crippen LogP contribution in [-0.4, -0.2) is 11.8 Å². The highest BCUT2D eigenvalue weighted by Gasteiger charge is 2.15. The molecule has 0 bridgehead atoms. The van der Waals surface area contributed by atoms with Crippen LogP contribution in [0.15, 0.2) is 36.5 Å². The molecule has 1 aliphatic heterocycles. The van der Waals surface area contributed by atoms with Gasteiger partial charge in [-0.25, -0.2) is 4.98 Å². The Kier molecular flexibility index (Phi) is 2.95. The second kappa shape index (κ2) is 4.76. The molecule has 0 saturated carbocycles. The molecule has 0 radical (unpaired) electrons. The molecule has 0 amide bonds. The normalized spacial score (nSPS) is 14.2. The maximum atomic E-state index is 12.7. The van der Waals surface area contributed by atoms with Gasteiger partial charge >= 0.3 is 0 Å². The Labute approximate surface area is 110 Å². The molecule has 5 heteroatoms. The lowest BCUT2D eigenvalue weighted by molar-refractivity contribution is 0.174. The van der Waals surface area contributed by atoms with Crippen LogP contribution in [0, 0.1) is 5.95 Å². The van der Waals surface area contributed by atoms with Gasteiger partial charge in [-0.1, -0.05) is 6.07 Å².